The molecule has 3 rings (SSSR count). The van der Waals surface area contributed by atoms with E-state index in [1.165, 1.54) is 37.0 Å². The number of rotatable bonds is 5. The molecule has 5 heteroatoms. The van der Waals surface area contributed by atoms with Crippen molar-refractivity contribution in [3.05, 3.63) is 28.1 Å². The third-order valence-corrected chi connectivity index (χ3v) is 4.69. The first-order valence-corrected chi connectivity index (χ1v) is 7.88. The van der Waals surface area contributed by atoms with Crippen LogP contribution in [-0.4, -0.2) is 22.1 Å². The van der Waals surface area contributed by atoms with Crippen molar-refractivity contribution >= 4 is 21.6 Å². The van der Waals surface area contributed by atoms with Gasteiger partial charge in [0, 0.05) is 12.6 Å². The van der Waals surface area contributed by atoms with Gasteiger partial charge in [0.05, 0.1) is 11.8 Å². The Morgan fingerprint density at radius 2 is 2.26 bits per heavy atom. The highest BCUT2D eigenvalue weighted by Gasteiger charge is 2.13. The van der Waals surface area contributed by atoms with Gasteiger partial charge in [-0.1, -0.05) is 12.8 Å². The minimum atomic E-state index is 0.0980. The number of nitrogens with one attached hydrogen (secondary N) is 1. The zero-order chi connectivity index (χ0) is 13.1. The SMILES string of the molecule is O=c1c2sccc2ncn1CCCNC1CCCC1. The number of aromatic nitrogens is 2. The van der Waals surface area contributed by atoms with E-state index in [1.54, 1.807) is 10.9 Å². The first-order chi connectivity index (χ1) is 9.34. The van der Waals surface area contributed by atoms with Gasteiger partial charge in [-0.25, -0.2) is 4.98 Å². The number of hydrogen-bond donors (Lipinski definition) is 1. The van der Waals surface area contributed by atoms with Crippen LogP contribution in [0, 0.1) is 0 Å². The van der Waals surface area contributed by atoms with Crippen LogP contribution in [0.2, 0.25) is 0 Å². The lowest BCUT2D eigenvalue weighted by atomic mass is 10.2. The van der Waals surface area contributed by atoms with Gasteiger partial charge in [0.1, 0.15) is 4.70 Å². The van der Waals surface area contributed by atoms with Crippen LogP contribution >= 0.6 is 11.3 Å². The van der Waals surface area contributed by atoms with E-state index in [0.717, 1.165) is 29.7 Å². The molecule has 102 valence electrons. The molecule has 0 radical (unpaired) electrons. The fourth-order valence-corrected chi connectivity index (χ4v) is 3.52. The fraction of sp³-hybridized carbons (Fsp3) is 0.571. The molecule has 1 N–H and O–H groups in total. The lowest BCUT2D eigenvalue weighted by Crippen LogP contribution is -2.28. The topological polar surface area (TPSA) is 46.9 Å². The summed E-state index contributed by atoms with van der Waals surface area (Å²) in [6.07, 6.45) is 7.99. The summed E-state index contributed by atoms with van der Waals surface area (Å²) in [6.45, 7) is 1.74. The van der Waals surface area contributed by atoms with E-state index >= 15 is 0 Å². The minimum absolute atomic E-state index is 0.0980. The van der Waals surface area contributed by atoms with E-state index in [4.69, 9.17) is 0 Å². The molecular formula is C14H19N3OS. The molecule has 0 bridgehead atoms. The van der Waals surface area contributed by atoms with E-state index < -0.39 is 0 Å². The highest BCUT2D eigenvalue weighted by molar-refractivity contribution is 7.17. The molecule has 0 atom stereocenters. The maximum Gasteiger partial charge on any atom is 0.271 e. The normalized spacial score (nSPS) is 16.4. The first kappa shape index (κ1) is 12.8. The van der Waals surface area contributed by atoms with E-state index in [1.807, 2.05) is 11.4 Å². The molecular weight excluding hydrogens is 258 g/mol. The van der Waals surface area contributed by atoms with Crippen LogP contribution in [-0.2, 0) is 6.54 Å². The molecule has 0 unspecified atom stereocenters. The Morgan fingerprint density at radius 3 is 3.11 bits per heavy atom. The highest BCUT2D eigenvalue weighted by atomic mass is 32.1. The Bertz CT molecular complexity index is 598. The third kappa shape index (κ3) is 2.87. The summed E-state index contributed by atoms with van der Waals surface area (Å²) in [7, 11) is 0. The van der Waals surface area contributed by atoms with Gasteiger partial charge < -0.3 is 5.32 Å². The van der Waals surface area contributed by atoms with Crippen LogP contribution in [0.4, 0.5) is 0 Å². The average Bonchev–Trinajstić information content (AvgIpc) is 3.08. The summed E-state index contributed by atoms with van der Waals surface area (Å²) < 4.78 is 2.50. The zero-order valence-corrected chi connectivity index (χ0v) is 11.8. The monoisotopic (exact) mass is 277 g/mol. The second-order valence-electron chi connectivity index (χ2n) is 5.17. The summed E-state index contributed by atoms with van der Waals surface area (Å²) in [5.74, 6) is 0. The van der Waals surface area contributed by atoms with Gasteiger partial charge in [-0.3, -0.25) is 9.36 Å². The largest absolute Gasteiger partial charge is 0.314 e. The fourth-order valence-electron chi connectivity index (χ4n) is 2.72. The molecule has 1 saturated carbocycles. The Hall–Kier alpha value is -1.20. The number of nitrogens with zero attached hydrogens (tertiary/aromatic N) is 2. The molecule has 0 aliphatic heterocycles. The summed E-state index contributed by atoms with van der Waals surface area (Å²) in [5.41, 5.74) is 0.913. The van der Waals surface area contributed by atoms with Crippen LogP contribution in [0.15, 0.2) is 22.6 Å². The van der Waals surface area contributed by atoms with Gasteiger partial charge in [0.25, 0.3) is 5.56 Å². The van der Waals surface area contributed by atoms with Crippen molar-refractivity contribution in [1.82, 2.24) is 14.9 Å². The van der Waals surface area contributed by atoms with Gasteiger partial charge in [-0.2, -0.15) is 0 Å². The molecule has 0 spiro atoms. The van der Waals surface area contributed by atoms with E-state index in [-0.39, 0.29) is 5.56 Å². The number of thiophene rings is 1. The van der Waals surface area contributed by atoms with Gasteiger partial charge in [-0.05, 0) is 37.3 Å². The van der Waals surface area contributed by atoms with Crippen molar-refractivity contribution in [1.29, 1.82) is 0 Å². The van der Waals surface area contributed by atoms with Crippen LogP contribution in [0.25, 0.3) is 10.2 Å². The smallest absolute Gasteiger partial charge is 0.271 e. The number of hydrogen-bond acceptors (Lipinski definition) is 4. The first-order valence-electron chi connectivity index (χ1n) is 7.00. The summed E-state index contributed by atoms with van der Waals surface area (Å²) >= 11 is 1.48. The molecule has 4 nitrogen and oxygen atoms in total. The van der Waals surface area contributed by atoms with Crippen molar-refractivity contribution in [2.24, 2.45) is 0 Å². The summed E-state index contributed by atoms with van der Waals surface area (Å²) in [5, 5.41) is 5.49. The lowest BCUT2D eigenvalue weighted by molar-refractivity contribution is 0.491. The van der Waals surface area contributed by atoms with E-state index in [2.05, 4.69) is 10.3 Å². The molecule has 0 aromatic carbocycles. The zero-order valence-electron chi connectivity index (χ0n) is 11.0. The Kier molecular flexibility index (Phi) is 3.94. The summed E-state index contributed by atoms with van der Waals surface area (Å²) in [4.78, 5) is 16.5. The average molecular weight is 277 g/mol. The van der Waals surface area contributed by atoms with Crippen LogP contribution in [0.3, 0.4) is 0 Å². The summed E-state index contributed by atoms with van der Waals surface area (Å²) in [6, 6.07) is 2.60. The van der Waals surface area contributed by atoms with Crippen LogP contribution in [0.1, 0.15) is 32.1 Å². The molecule has 1 aliphatic rings. The molecule has 2 aromatic rings. The standard InChI is InChI=1S/C14H19N3OS/c18-14-13-12(6-9-19-13)16-10-17(14)8-3-7-15-11-4-1-2-5-11/h6,9-11,15H,1-5,7-8H2. The molecule has 19 heavy (non-hydrogen) atoms. The predicted octanol–water partition coefficient (Wildman–Crippen LogP) is 2.38. The molecule has 1 fully saturated rings. The van der Waals surface area contributed by atoms with Gasteiger partial charge in [0.15, 0.2) is 0 Å². The molecule has 0 saturated heterocycles. The minimum Gasteiger partial charge on any atom is -0.314 e. The van der Waals surface area contributed by atoms with Crippen LogP contribution in [0.5, 0.6) is 0 Å². The van der Waals surface area contributed by atoms with E-state index in [0.29, 0.717) is 6.04 Å². The molecule has 1 aliphatic carbocycles. The van der Waals surface area contributed by atoms with Crippen molar-refractivity contribution in [3.63, 3.8) is 0 Å². The van der Waals surface area contributed by atoms with Gasteiger partial charge in [0.2, 0.25) is 0 Å². The van der Waals surface area contributed by atoms with E-state index in [9.17, 15) is 4.79 Å². The Morgan fingerprint density at radius 1 is 1.42 bits per heavy atom. The number of aryl methyl sites for hydroxylation is 1. The van der Waals surface area contributed by atoms with Crippen molar-refractivity contribution in [2.75, 3.05) is 6.54 Å². The number of fused-ring (bicyclic) bond motifs is 1. The van der Waals surface area contributed by atoms with Crippen molar-refractivity contribution < 1.29 is 0 Å². The Labute approximate surface area is 116 Å². The van der Waals surface area contributed by atoms with Gasteiger partial charge in [-0.15, -0.1) is 11.3 Å². The second-order valence-corrected chi connectivity index (χ2v) is 6.08. The van der Waals surface area contributed by atoms with Crippen LogP contribution < -0.4 is 10.9 Å². The van der Waals surface area contributed by atoms with Crippen molar-refractivity contribution in [2.45, 2.75) is 44.7 Å². The Balaban J connectivity index is 1.56. The van der Waals surface area contributed by atoms with Gasteiger partial charge >= 0.3 is 0 Å². The molecule has 2 heterocycles. The second kappa shape index (κ2) is 5.84. The lowest BCUT2D eigenvalue weighted by Gasteiger charge is -2.11. The maximum absolute atomic E-state index is 12.2. The van der Waals surface area contributed by atoms with Crippen molar-refractivity contribution in [3.8, 4) is 0 Å². The highest BCUT2D eigenvalue weighted by Crippen LogP contribution is 2.17. The quantitative estimate of drug-likeness (QED) is 0.854. The third-order valence-electron chi connectivity index (χ3n) is 3.80. The maximum atomic E-state index is 12.2. The molecule has 0 amide bonds. The molecule has 2 aromatic heterocycles. The predicted molar refractivity (Wildman–Crippen MR) is 78.8 cm³/mol.